The van der Waals surface area contributed by atoms with E-state index in [1.807, 2.05) is 18.2 Å². The molecule has 1 aromatic rings. The highest BCUT2D eigenvalue weighted by Crippen LogP contribution is 2.27. The lowest BCUT2D eigenvalue weighted by molar-refractivity contribution is 0.0900. The Morgan fingerprint density at radius 2 is 1.79 bits per heavy atom. The van der Waals surface area contributed by atoms with E-state index in [2.05, 4.69) is 41.0 Å². The van der Waals surface area contributed by atoms with Gasteiger partial charge in [0.05, 0.1) is 20.8 Å². The third-order valence-electron chi connectivity index (χ3n) is 5.15. The molecule has 8 heteroatoms. The van der Waals surface area contributed by atoms with Gasteiger partial charge in [0, 0.05) is 38.8 Å². The van der Waals surface area contributed by atoms with E-state index < -0.39 is 0 Å². The second kappa shape index (κ2) is 12.3. The van der Waals surface area contributed by atoms with Crippen LogP contribution in [0.2, 0.25) is 0 Å². The number of aliphatic imine (C=N–C) groups is 1. The minimum Gasteiger partial charge on any atom is -0.493 e. The number of nitrogens with zero attached hydrogens (tertiary/aromatic N) is 3. The molecule has 1 aliphatic heterocycles. The van der Waals surface area contributed by atoms with E-state index in [0.717, 1.165) is 38.3 Å². The van der Waals surface area contributed by atoms with Gasteiger partial charge in [-0.05, 0) is 30.7 Å². The second-order valence-electron chi connectivity index (χ2n) is 7.42. The van der Waals surface area contributed by atoms with Crippen molar-refractivity contribution in [2.45, 2.75) is 26.4 Å². The van der Waals surface area contributed by atoms with E-state index in [1.165, 1.54) is 0 Å². The Hall–Kier alpha value is -1.26. The first kappa shape index (κ1) is 24.8. The van der Waals surface area contributed by atoms with Crippen molar-refractivity contribution in [1.82, 2.24) is 15.1 Å². The lowest BCUT2D eigenvalue weighted by atomic mass is 10.0. The molecule has 0 bridgehead atoms. The molecule has 0 aromatic heterocycles. The SMILES string of the molecule is COc1ccc(CN=C(N)NCC(C(C)C)N2CCN(C)CC2)cc1OC.I. The van der Waals surface area contributed by atoms with Crippen LogP contribution in [0, 0.1) is 5.92 Å². The van der Waals surface area contributed by atoms with Crippen LogP contribution in [-0.2, 0) is 6.54 Å². The Balaban J connectivity index is 0.00000392. The maximum Gasteiger partial charge on any atom is 0.188 e. The van der Waals surface area contributed by atoms with Crippen molar-refractivity contribution in [2.24, 2.45) is 16.6 Å². The molecular formula is C20H36IN5O2. The first-order valence-electron chi connectivity index (χ1n) is 9.62. The van der Waals surface area contributed by atoms with Gasteiger partial charge in [0.15, 0.2) is 17.5 Å². The van der Waals surface area contributed by atoms with Gasteiger partial charge in [-0.1, -0.05) is 19.9 Å². The number of guanidine groups is 1. The smallest absolute Gasteiger partial charge is 0.188 e. The van der Waals surface area contributed by atoms with Crippen LogP contribution in [0.5, 0.6) is 11.5 Å². The number of methoxy groups -OCH3 is 2. The summed E-state index contributed by atoms with van der Waals surface area (Å²) in [6.45, 7) is 10.3. The highest BCUT2D eigenvalue weighted by molar-refractivity contribution is 14.0. The van der Waals surface area contributed by atoms with Crippen LogP contribution in [0.4, 0.5) is 0 Å². The van der Waals surface area contributed by atoms with Gasteiger partial charge in [-0.25, -0.2) is 4.99 Å². The molecule has 1 atom stereocenters. The molecule has 1 aromatic carbocycles. The number of rotatable bonds is 8. The summed E-state index contributed by atoms with van der Waals surface area (Å²) in [4.78, 5) is 9.40. The highest BCUT2D eigenvalue weighted by atomic mass is 127. The largest absolute Gasteiger partial charge is 0.493 e. The zero-order chi connectivity index (χ0) is 19.8. The van der Waals surface area contributed by atoms with Crippen LogP contribution in [0.3, 0.4) is 0 Å². The average Bonchev–Trinajstić information content (AvgIpc) is 2.67. The maximum absolute atomic E-state index is 6.10. The van der Waals surface area contributed by atoms with E-state index in [4.69, 9.17) is 15.2 Å². The van der Waals surface area contributed by atoms with Crippen LogP contribution < -0.4 is 20.5 Å². The molecule has 0 radical (unpaired) electrons. The minimum absolute atomic E-state index is 0. The van der Waals surface area contributed by atoms with Gasteiger partial charge in [-0.3, -0.25) is 4.90 Å². The molecule has 1 unspecified atom stereocenters. The van der Waals surface area contributed by atoms with Gasteiger partial charge < -0.3 is 25.4 Å². The second-order valence-corrected chi connectivity index (χ2v) is 7.42. The first-order chi connectivity index (χ1) is 12.9. The van der Waals surface area contributed by atoms with Gasteiger partial charge in [0.25, 0.3) is 0 Å². The zero-order valence-electron chi connectivity index (χ0n) is 17.8. The van der Waals surface area contributed by atoms with Crippen molar-refractivity contribution in [3.05, 3.63) is 23.8 Å². The lowest BCUT2D eigenvalue weighted by Crippen LogP contribution is -2.54. The van der Waals surface area contributed by atoms with Crippen LogP contribution in [-0.4, -0.2) is 75.8 Å². The quantitative estimate of drug-likeness (QED) is 0.320. The normalized spacial score (nSPS) is 17.1. The fourth-order valence-electron chi connectivity index (χ4n) is 3.36. The number of nitrogens with two attached hydrogens (primary N) is 1. The van der Waals surface area contributed by atoms with E-state index in [9.17, 15) is 0 Å². The summed E-state index contributed by atoms with van der Waals surface area (Å²) in [7, 11) is 5.44. The maximum atomic E-state index is 6.10. The van der Waals surface area contributed by atoms with Gasteiger partial charge in [0.2, 0.25) is 0 Å². The number of hydrogen-bond donors (Lipinski definition) is 2. The molecule has 0 saturated carbocycles. The minimum atomic E-state index is 0. The van der Waals surface area contributed by atoms with Gasteiger partial charge in [-0.2, -0.15) is 0 Å². The summed E-state index contributed by atoms with van der Waals surface area (Å²) >= 11 is 0. The van der Waals surface area contributed by atoms with Crippen molar-refractivity contribution in [3.63, 3.8) is 0 Å². The zero-order valence-corrected chi connectivity index (χ0v) is 20.1. The molecule has 1 fully saturated rings. The number of halogens is 1. The van der Waals surface area contributed by atoms with E-state index >= 15 is 0 Å². The van der Waals surface area contributed by atoms with Crippen molar-refractivity contribution >= 4 is 29.9 Å². The molecule has 0 amide bonds. The van der Waals surface area contributed by atoms with E-state index in [0.29, 0.717) is 36.0 Å². The van der Waals surface area contributed by atoms with Crippen LogP contribution >= 0.6 is 24.0 Å². The first-order valence-corrected chi connectivity index (χ1v) is 9.62. The molecular weight excluding hydrogens is 469 g/mol. The standard InChI is InChI=1S/C20H35N5O2.HI/c1-15(2)17(25-10-8-24(3)9-11-25)14-23-20(21)22-13-16-6-7-18(26-4)19(12-16)27-5;/h6-7,12,15,17H,8-11,13-14H2,1-5H3,(H3,21,22,23);1H. The molecule has 1 heterocycles. The summed E-state index contributed by atoms with van der Waals surface area (Å²) < 4.78 is 10.6. The van der Waals surface area contributed by atoms with Gasteiger partial charge in [-0.15, -0.1) is 24.0 Å². The monoisotopic (exact) mass is 505 g/mol. The third-order valence-corrected chi connectivity index (χ3v) is 5.15. The number of ether oxygens (including phenoxy) is 2. The topological polar surface area (TPSA) is 75.4 Å². The predicted octanol–water partition coefficient (Wildman–Crippen LogP) is 2.00. The Labute approximate surface area is 186 Å². The molecule has 0 aliphatic carbocycles. The molecule has 7 nitrogen and oxygen atoms in total. The summed E-state index contributed by atoms with van der Waals surface area (Å²) in [6, 6.07) is 6.24. The van der Waals surface area contributed by atoms with Gasteiger partial charge in [0.1, 0.15) is 0 Å². The Bertz CT molecular complexity index is 619. The molecule has 1 saturated heterocycles. The van der Waals surface area contributed by atoms with Crippen molar-refractivity contribution < 1.29 is 9.47 Å². The number of piperazine rings is 1. The molecule has 28 heavy (non-hydrogen) atoms. The number of nitrogens with one attached hydrogen (secondary N) is 1. The summed E-state index contributed by atoms with van der Waals surface area (Å²) in [6.07, 6.45) is 0. The van der Waals surface area contributed by atoms with Crippen LogP contribution in [0.1, 0.15) is 19.4 Å². The Morgan fingerprint density at radius 1 is 1.14 bits per heavy atom. The van der Waals surface area contributed by atoms with Crippen LogP contribution in [0.15, 0.2) is 23.2 Å². The fourth-order valence-corrected chi connectivity index (χ4v) is 3.36. The van der Waals surface area contributed by atoms with E-state index in [-0.39, 0.29) is 24.0 Å². The molecule has 2 rings (SSSR count). The summed E-state index contributed by atoms with van der Waals surface area (Å²) in [5.74, 6) is 2.44. The third kappa shape index (κ3) is 7.29. The Kier molecular flexibility index (Phi) is 10.9. The van der Waals surface area contributed by atoms with Crippen LogP contribution in [0.25, 0.3) is 0 Å². The number of likely N-dealkylation sites (N-methyl/N-ethyl adjacent to an activating group) is 1. The highest BCUT2D eigenvalue weighted by Gasteiger charge is 2.24. The van der Waals surface area contributed by atoms with Gasteiger partial charge >= 0.3 is 0 Å². The van der Waals surface area contributed by atoms with Crippen molar-refractivity contribution in [1.29, 1.82) is 0 Å². The molecule has 0 spiro atoms. The lowest BCUT2D eigenvalue weighted by Gasteiger charge is -2.40. The molecule has 1 aliphatic rings. The predicted molar refractivity (Wildman–Crippen MR) is 126 cm³/mol. The summed E-state index contributed by atoms with van der Waals surface area (Å²) in [5.41, 5.74) is 7.13. The van der Waals surface area contributed by atoms with Crippen molar-refractivity contribution in [3.8, 4) is 11.5 Å². The van der Waals surface area contributed by atoms with Crippen molar-refractivity contribution in [2.75, 3.05) is 54.0 Å². The average molecular weight is 505 g/mol. The molecule has 160 valence electrons. The Morgan fingerprint density at radius 3 is 2.36 bits per heavy atom. The number of hydrogen-bond acceptors (Lipinski definition) is 5. The molecule has 3 N–H and O–H groups in total. The van der Waals surface area contributed by atoms with E-state index in [1.54, 1.807) is 14.2 Å². The fraction of sp³-hybridized carbons (Fsp3) is 0.650. The number of benzene rings is 1. The summed E-state index contributed by atoms with van der Waals surface area (Å²) in [5, 5.41) is 3.31.